The number of thiophene rings is 1. The lowest BCUT2D eigenvalue weighted by Crippen LogP contribution is -2.37. The monoisotopic (exact) mass is 364 g/mol. The van der Waals surface area contributed by atoms with Crippen molar-refractivity contribution in [2.75, 3.05) is 33.4 Å². The molecule has 1 atom stereocenters. The van der Waals surface area contributed by atoms with E-state index in [0.29, 0.717) is 12.4 Å². The molecule has 0 spiro atoms. The van der Waals surface area contributed by atoms with Crippen molar-refractivity contribution >= 4 is 17.3 Å². The lowest BCUT2D eigenvalue weighted by atomic mass is 10.3. The van der Waals surface area contributed by atoms with Gasteiger partial charge in [0.15, 0.2) is 5.96 Å². The summed E-state index contributed by atoms with van der Waals surface area (Å²) in [7, 11) is 1.75. The number of oxazole rings is 1. The third-order valence-electron chi connectivity index (χ3n) is 3.80. The first-order valence-electron chi connectivity index (χ1n) is 8.47. The van der Waals surface area contributed by atoms with Gasteiger partial charge in [-0.2, -0.15) is 0 Å². The molecule has 1 aliphatic rings. The minimum atomic E-state index is 0.266. The first-order chi connectivity index (χ1) is 12.3. The van der Waals surface area contributed by atoms with Crippen molar-refractivity contribution in [1.82, 2.24) is 15.6 Å². The summed E-state index contributed by atoms with van der Waals surface area (Å²) >= 11 is 1.61. The van der Waals surface area contributed by atoms with Crippen molar-refractivity contribution in [1.29, 1.82) is 0 Å². The van der Waals surface area contributed by atoms with Crippen molar-refractivity contribution < 1.29 is 13.9 Å². The Bertz CT molecular complexity index is 651. The Morgan fingerprint density at radius 3 is 3.20 bits per heavy atom. The highest BCUT2D eigenvalue weighted by Crippen LogP contribution is 2.23. The Morgan fingerprint density at radius 1 is 1.48 bits per heavy atom. The van der Waals surface area contributed by atoms with Crippen LogP contribution in [0, 0.1) is 0 Å². The van der Waals surface area contributed by atoms with Crippen LogP contribution < -0.4 is 10.6 Å². The number of nitrogens with one attached hydrogen (secondary N) is 2. The summed E-state index contributed by atoms with van der Waals surface area (Å²) in [6, 6.07) is 3.98. The van der Waals surface area contributed by atoms with Gasteiger partial charge in [-0.25, -0.2) is 4.98 Å². The van der Waals surface area contributed by atoms with Gasteiger partial charge in [0, 0.05) is 26.8 Å². The van der Waals surface area contributed by atoms with Gasteiger partial charge in [-0.1, -0.05) is 6.07 Å². The van der Waals surface area contributed by atoms with Crippen LogP contribution in [0.15, 0.2) is 33.2 Å². The van der Waals surface area contributed by atoms with E-state index in [9.17, 15) is 0 Å². The second-order valence-electron chi connectivity index (χ2n) is 5.68. The Balaban J connectivity index is 1.33. The molecule has 1 unspecified atom stereocenters. The molecule has 136 valence electrons. The molecule has 1 fully saturated rings. The molecule has 0 aromatic carbocycles. The third kappa shape index (κ3) is 5.55. The normalized spacial score (nSPS) is 17.8. The van der Waals surface area contributed by atoms with Gasteiger partial charge >= 0.3 is 0 Å². The van der Waals surface area contributed by atoms with Crippen LogP contribution in [0.2, 0.25) is 0 Å². The fourth-order valence-corrected chi connectivity index (χ4v) is 3.13. The molecular weight excluding hydrogens is 340 g/mol. The number of hydrogen-bond donors (Lipinski definition) is 2. The van der Waals surface area contributed by atoms with Crippen molar-refractivity contribution in [2.45, 2.75) is 25.5 Å². The van der Waals surface area contributed by atoms with E-state index in [2.05, 4.69) is 20.6 Å². The number of rotatable bonds is 8. The zero-order valence-electron chi connectivity index (χ0n) is 14.4. The van der Waals surface area contributed by atoms with E-state index >= 15 is 0 Å². The summed E-state index contributed by atoms with van der Waals surface area (Å²) in [4.78, 5) is 9.72. The molecule has 2 N–H and O–H groups in total. The fourth-order valence-electron chi connectivity index (χ4n) is 2.47. The van der Waals surface area contributed by atoms with Crippen molar-refractivity contribution in [3.8, 4) is 10.8 Å². The average molecular weight is 364 g/mol. The molecule has 2 aromatic heterocycles. The number of aliphatic imine (C=N–C) groups is 1. The predicted octanol–water partition coefficient (Wildman–Crippen LogP) is 2.26. The molecule has 25 heavy (non-hydrogen) atoms. The minimum absolute atomic E-state index is 0.266. The summed E-state index contributed by atoms with van der Waals surface area (Å²) in [6.07, 6.45) is 3.86. The Kier molecular flexibility index (Phi) is 6.84. The highest BCUT2D eigenvalue weighted by Gasteiger charge is 2.15. The van der Waals surface area contributed by atoms with Crippen molar-refractivity contribution in [3.05, 3.63) is 29.5 Å². The van der Waals surface area contributed by atoms with Crippen LogP contribution in [0.4, 0.5) is 0 Å². The number of nitrogens with zero attached hydrogens (tertiary/aromatic N) is 2. The molecule has 0 amide bonds. The molecule has 8 heteroatoms. The lowest BCUT2D eigenvalue weighted by Gasteiger charge is -2.12. The van der Waals surface area contributed by atoms with E-state index in [-0.39, 0.29) is 6.10 Å². The Morgan fingerprint density at radius 2 is 2.44 bits per heavy atom. The molecule has 0 aliphatic carbocycles. The number of ether oxygens (including phenoxy) is 2. The average Bonchev–Trinajstić information content (AvgIpc) is 3.39. The zero-order chi connectivity index (χ0) is 17.3. The number of guanidine groups is 1. The van der Waals surface area contributed by atoms with E-state index < -0.39 is 0 Å². The maximum Gasteiger partial charge on any atom is 0.236 e. The molecule has 0 saturated carbocycles. The number of hydrogen-bond acceptors (Lipinski definition) is 6. The van der Waals surface area contributed by atoms with E-state index in [0.717, 1.165) is 55.7 Å². The number of aromatic nitrogens is 1. The van der Waals surface area contributed by atoms with Crippen molar-refractivity contribution in [3.63, 3.8) is 0 Å². The van der Waals surface area contributed by atoms with Crippen LogP contribution >= 0.6 is 11.3 Å². The van der Waals surface area contributed by atoms with Crippen LogP contribution in [-0.2, 0) is 16.0 Å². The highest BCUT2D eigenvalue weighted by molar-refractivity contribution is 7.13. The smallest absolute Gasteiger partial charge is 0.236 e. The largest absolute Gasteiger partial charge is 0.443 e. The molecule has 3 heterocycles. The summed E-state index contributed by atoms with van der Waals surface area (Å²) in [6.45, 7) is 3.62. The van der Waals surface area contributed by atoms with Gasteiger partial charge < -0.3 is 24.5 Å². The van der Waals surface area contributed by atoms with Gasteiger partial charge in [-0.3, -0.25) is 4.99 Å². The summed E-state index contributed by atoms with van der Waals surface area (Å²) < 4.78 is 16.5. The van der Waals surface area contributed by atoms with Gasteiger partial charge in [0.2, 0.25) is 5.89 Å². The van der Waals surface area contributed by atoms with E-state index in [1.165, 1.54) is 0 Å². The second kappa shape index (κ2) is 9.55. The molecule has 7 nitrogen and oxygen atoms in total. The summed E-state index contributed by atoms with van der Waals surface area (Å²) in [5.74, 6) is 1.40. The maximum atomic E-state index is 5.74. The van der Waals surface area contributed by atoms with E-state index in [1.807, 2.05) is 17.5 Å². The third-order valence-corrected chi connectivity index (χ3v) is 4.66. The molecule has 3 rings (SSSR count). The zero-order valence-corrected chi connectivity index (χ0v) is 15.2. The van der Waals surface area contributed by atoms with Crippen LogP contribution in [0.25, 0.3) is 10.8 Å². The SMILES string of the molecule is CN=C(NCCCOC1CCOC1)NCc1coc(-c2cccs2)n1. The summed E-state index contributed by atoms with van der Waals surface area (Å²) in [5.41, 5.74) is 0.843. The van der Waals surface area contributed by atoms with Crippen LogP contribution in [0.5, 0.6) is 0 Å². The lowest BCUT2D eigenvalue weighted by molar-refractivity contribution is 0.0420. The molecule has 0 radical (unpaired) electrons. The summed E-state index contributed by atoms with van der Waals surface area (Å²) in [5, 5.41) is 8.51. The second-order valence-corrected chi connectivity index (χ2v) is 6.63. The first-order valence-corrected chi connectivity index (χ1v) is 9.35. The van der Waals surface area contributed by atoms with Crippen LogP contribution in [0.3, 0.4) is 0 Å². The fraction of sp³-hybridized carbons (Fsp3) is 0.529. The molecule has 0 bridgehead atoms. The van der Waals surface area contributed by atoms with E-state index in [1.54, 1.807) is 24.6 Å². The van der Waals surface area contributed by atoms with E-state index in [4.69, 9.17) is 13.9 Å². The Hall–Kier alpha value is -1.90. The minimum Gasteiger partial charge on any atom is -0.443 e. The topological polar surface area (TPSA) is 80.9 Å². The molecule has 1 saturated heterocycles. The van der Waals surface area contributed by atoms with Crippen LogP contribution in [-0.4, -0.2) is 50.5 Å². The van der Waals surface area contributed by atoms with Crippen LogP contribution in [0.1, 0.15) is 18.5 Å². The molecule has 1 aliphatic heterocycles. The quantitative estimate of drug-likeness (QED) is 0.425. The van der Waals surface area contributed by atoms with Gasteiger partial charge in [0.25, 0.3) is 0 Å². The maximum absolute atomic E-state index is 5.74. The molecular formula is C17H24N4O3S. The molecule has 2 aromatic rings. The predicted molar refractivity (Wildman–Crippen MR) is 97.8 cm³/mol. The Labute approximate surface area is 151 Å². The standard InChI is InChI=1S/C17H24N4O3S/c1-18-17(19-6-3-7-23-14-5-8-22-12-14)20-10-13-11-24-16(21-13)15-4-2-9-25-15/h2,4,9,11,14H,3,5-8,10,12H2,1H3,(H2,18,19,20). The van der Waals surface area contributed by atoms with Gasteiger partial charge in [-0.15, -0.1) is 11.3 Å². The van der Waals surface area contributed by atoms with Crippen molar-refractivity contribution in [2.24, 2.45) is 4.99 Å². The van der Waals surface area contributed by atoms with Gasteiger partial charge in [0.1, 0.15) is 6.26 Å². The van der Waals surface area contributed by atoms with Gasteiger partial charge in [0.05, 0.1) is 29.8 Å². The van der Waals surface area contributed by atoms with Gasteiger partial charge in [-0.05, 0) is 24.3 Å². The first kappa shape index (κ1) is 17.9. The highest BCUT2D eigenvalue weighted by atomic mass is 32.1.